The zero-order chi connectivity index (χ0) is 53.8. The molecule has 0 aliphatic rings. The first-order chi connectivity index (χ1) is 39.9. The summed E-state index contributed by atoms with van der Waals surface area (Å²) in [5.74, 6) is 0. The van der Waals surface area contributed by atoms with Gasteiger partial charge in [0.15, 0.2) is 0 Å². The van der Waals surface area contributed by atoms with Crippen molar-refractivity contribution in [1.82, 2.24) is 28.2 Å². The summed E-state index contributed by atoms with van der Waals surface area (Å²) in [7, 11) is 0. The van der Waals surface area contributed by atoms with Gasteiger partial charge in [0, 0.05) is 87.7 Å². The molecule has 0 N–H and O–H groups in total. The Morgan fingerprint density at radius 3 is 0.926 bits per heavy atom. The smallest absolute Gasteiger partial charge is 0.230 e. The Balaban J connectivity index is 0.714. The third-order valence-electron chi connectivity index (χ3n) is 17.7. The topological polar surface area (TPSA) is 58.6 Å². The van der Waals surface area contributed by atoms with Crippen molar-refractivity contribution in [1.29, 1.82) is 0 Å². The minimum absolute atomic E-state index is 0.575. The predicted molar refractivity (Wildman–Crippen MR) is 336 cm³/mol. The Kier molecular flexibility index (Phi) is 9.55. The van der Waals surface area contributed by atoms with Gasteiger partial charge in [-0.1, -0.05) is 121 Å². The Bertz CT molecular complexity index is 5100. The van der Waals surface area contributed by atoms with Crippen LogP contribution in [0.15, 0.2) is 235 Å². The summed E-state index contributed by atoms with van der Waals surface area (Å²) >= 11 is 0. The summed E-state index contributed by atoms with van der Waals surface area (Å²) in [6, 6.07) is 83.7. The van der Waals surface area contributed by atoms with Crippen molar-refractivity contribution < 1.29 is 4.42 Å². The summed E-state index contributed by atoms with van der Waals surface area (Å²) in [4.78, 5) is 10.4. The maximum atomic E-state index is 6.61. The molecule has 7 heterocycles. The van der Waals surface area contributed by atoms with Gasteiger partial charge < -0.3 is 22.7 Å². The largest absolute Gasteiger partial charge is 0.419 e. The normalized spacial score (nSPS) is 12.2. The quantitative estimate of drug-likeness (QED) is 0.167. The molecule has 7 nitrogen and oxygen atoms in total. The van der Waals surface area contributed by atoms with E-state index in [1.807, 2.05) is 0 Å². The van der Waals surface area contributed by atoms with Crippen LogP contribution in [-0.4, -0.2) is 28.2 Å². The molecule has 17 rings (SSSR count). The zero-order valence-corrected chi connectivity index (χ0v) is 45.0. The molecule has 0 saturated carbocycles. The predicted octanol–water partition coefficient (Wildman–Crippen LogP) is 19.3. The monoisotopic (exact) mass is 1040 g/mol. The minimum Gasteiger partial charge on any atom is -0.419 e. The molecule has 0 spiro atoms. The van der Waals surface area contributed by atoms with Crippen molar-refractivity contribution in [2.24, 2.45) is 0 Å². The maximum Gasteiger partial charge on any atom is 0.230 e. The van der Waals surface area contributed by atoms with Crippen LogP contribution in [0.25, 0.3) is 155 Å². The lowest BCUT2D eigenvalue weighted by molar-refractivity contribution is 0.641. The highest BCUT2D eigenvalue weighted by Crippen LogP contribution is 2.42. The van der Waals surface area contributed by atoms with Gasteiger partial charge >= 0.3 is 0 Å². The highest BCUT2D eigenvalue weighted by molar-refractivity contribution is 6.14. The van der Waals surface area contributed by atoms with E-state index in [1.54, 1.807) is 0 Å². The van der Waals surface area contributed by atoms with Crippen LogP contribution in [0.1, 0.15) is 22.3 Å². The number of furan rings is 1. The summed E-state index contributed by atoms with van der Waals surface area (Å²) in [5.41, 5.74) is 23.8. The molecule has 0 unspecified atom stereocenters. The molecule has 0 saturated heterocycles. The lowest BCUT2D eigenvalue weighted by Crippen LogP contribution is -2.01. The van der Waals surface area contributed by atoms with Gasteiger partial charge in [-0.15, -0.1) is 0 Å². The van der Waals surface area contributed by atoms with E-state index in [0.29, 0.717) is 11.4 Å². The summed E-state index contributed by atoms with van der Waals surface area (Å²) in [5, 5.41) is 11.8. The van der Waals surface area contributed by atoms with Crippen LogP contribution in [0.5, 0.6) is 0 Å². The Morgan fingerprint density at radius 1 is 0.259 bits per heavy atom. The number of hydrogen-bond donors (Lipinski definition) is 0. The molecule has 10 aromatic carbocycles. The first-order valence-electron chi connectivity index (χ1n) is 27.8. The number of aromatic nitrogens is 6. The average molecular weight is 1040 g/mol. The molecule has 0 bridgehead atoms. The van der Waals surface area contributed by atoms with Gasteiger partial charge in [0.05, 0.1) is 55.5 Å². The van der Waals surface area contributed by atoms with E-state index < -0.39 is 0 Å². The highest BCUT2D eigenvalue weighted by atomic mass is 16.3. The highest BCUT2D eigenvalue weighted by Gasteiger charge is 2.23. The number of rotatable bonds is 6. The summed E-state index contributed by atoms with van der Waals surface area (Å²) in [6.07, 6.45) is 0. The molecule has 81 heavy (non-hydrogen) atoms. The molecule has 382 valence electrons. The standard InChI is InChI=1S/C74H50N6O/c1-43-45(3)63(79-69-27-15-9-21-55(69)59-41-47(29-37-71(59)79)77-65-23-11-5-17-51(65)52-18-6-12-24-66(52)77)39-33-49(43)61-35-31-57-58-32-36-62(76-74(58)81-73(57)75-61)50-34-40-64(46(4)44(50)2)80-70-28-16-10-22-56(70)60-42-48(30-38-72(60)80)78-67-25-13-7-19-53(67)54-20-8-14-26-68(54)78/h5-42H,1-4H3. The van der Waals surface area contributed by atoms with Gasteiger partial charge in [0.2, 0.25) is 11.4 Å². The number of para-hydroxylation sites is 6. The van der Waals surface area contributed by atoms with Crippen molar-refractivity contribution >= 4 is 109 Å². The fourth-order valence-electron chi connectivity index (χ4n) is 13.6. The number of nitrogens with zero attached hydrogens (tertiary/aromatic N) is 6. The van der Waals surface area contributed by atoms with Crippen LogP contribution in [-0.2, 0) is 0 Å². The van der Waals surface area contributed by atoms with Crippen LogP contribution in [0.3, 0.4) is 0 Å². The van der Waals surface area contributed by atoms with Crippen LogP contribution in [0, 0.1) is 27.7 Å². The molecule has 0 aliphatic heterocycles. The van der Waals surface area contributed by atoms with E-state index in [2.05, 4.69) is 276 Å². The first kappa shape index (κ1) is 45.5. The van der Waals surface area contributed by atoms with E-state index in [1.165, 1.54) is 109 Å². The van der Waals surface area contributed by atoms with E-state index in [0.717, 1.165) is 56.0 Å². The summed E-state index contributed by atoms with van der Waals surface area (Å²) < 4.78 is 16.3. The second-order valence-electron chi connectivity index (χ2n) is 21.8. The lowest BCUT2D eigenvalue weighted by Gasteiger charge is -2.16. The van der Waals surface area contributed by atoms with Crippen molar-refractivity contribution in [2.75, 3.05) is 0 Å². The van der Waals surface area contributed by atoms with Crippen molar-refractivity contribution in [3.63, 3.8) is 0 Å². The molecule has 0 radical (unpaired) electrons. The van der Waals surface area contributed by atoms with Gasteiger partial charge in [-0.25, -0.2) is 9.97 Å². The van der Waals surface area contributed by atoms with Gasteiger partial charge in [0.1, 0.15) is 0 Å². The number of benzene rings is 10. The van der Waals surface area contributed by atoms with Crippen LogP contribution >= 0.6 is 0 Å². The molecule has 0 aliphatic carbocycles. The molecule has 0 atom stereocenters. The van der Waals surface area contributed by atoms with Gasteiger partial charge in [-0.05, 0) is 159 Å². The van der Waals surface area contributed by atoms with Gasteiger partial charge in [0.25, 0.3) is 0 Å². The fourth-order valence-corrected chi connectivity index (χ4v) is 13.6. The Hall–Kier alpha value is -10.5. The Labute approximate surface area is 465 Å². The molecular weight excluding hydrogens is 989 g/mol. The average Bonchev–Trinajstić information content (AvgIpc) is 4.50. The van der Waals surface area contributed by atoms with E-state index >= 15 is 0 Å². The second kappa shape index (κ2) is 17.0. The zero-order valence-electron chi connectivity index (χ0n) is 45.0. The third-order valence-corrected chi connectivity index (χ3v) is 17.7. The second-order valence-corrected chi connectivity index (χ2v) is 21.8. The number of pyridine rings is 2. The fraction of sp³-hybridized carbons (Fsp3) is 0.0541. The third kappa shape index (κ3) is 6.45. The number of fused-ring (bicyclic) bond motifs is 15. The SMILES string of the molecule is Cc1c(-c2ccc3c(n2)oc2nc(-c4ccc(-n5c6ccccc6c6cc(-n7c8ccccc8c8ccccc87)ccc65)c(C)c4C)ccc23)ccc(-n2c3ccccc3c3cc(-n4c5ccccc5c5ccccc54)ccc32)c1C. The first-order valence-corrected chi connectivity index (χ1v) is 27.8. The molecule has 7 aromatic heterocycles. The van der Waals surface area contributed by atoms with E-state index in [4.69, 9.17) is 14.4 Å². The van der Waals surface area contributed by atoms with Crippen molar-refractivity contribution in [2.45, 2.75) is 27.7 Å². The molecule has 17 aromatic rings. The van der Waals surface area contributed by atoms with E-state index in [9.17, 15) is 0 Å². The number of hydrogen-bond acceptors (Lipinski definition) is 3. The Morgan fingerprint density at radius 2 is 0.568 bits per heavy atom. The maximum absolute atomic E-state index is 6.61. The van der Waals surface area contributed by atoms with Crippen LogP contribution in [0.2, 0.25) is 0 Å². The lowest BCUT2D eigenvalue weighted by atomic mass is 9.98. The molecular formula is C74H50N6O. The van der Waals surface area contributed by atoms with Crippen LogP contribution in [0.4, 0.5) is 0 Å². The molecule has 0 amide bonds. The minimum atomic E-state index is 0.575. The van der Waals surface area contributed by atoms with E-state index in [-0.39, 0.29) is 0 Å². The van der Waals surface area contributed by atoms with Gasteiger partial charge in [-0.2, -0.15) is 0 Å². The molecule has 7 heteroatoms. The molecule has 0 fully saturated rings. The van der Waals surface area contributed by atoms with Gasteiger partial charge in [-0.3, -0.25) is 0 Å². The summed E-state index contributed by atoms with van der Waals surface area (Å²) in [6.45, 7) is 8.88. The van der Waals surface area contributed by atoms with Crippen LogP contribution < -0.4 is 0 Å². The van der Waals surface area contributed by atoms with Crippen molar-refractivity contribution in [3.8, 4) is 45.3 Å². The van der Waals surface area contributed by atoms with Crippen molar-refractivity contribution in [3.05, 3.63) is 253 Å².